The van der Waals surface area contributed by atoms with Crippen LogP contribution in [0, 0.1) is 11.6 Å². The number of amides is 1. The molecule has 1 amide bonds. The predicted molar refractivity (Wildman–Crippen MR) is 148 cm³/mol. The monoisotopic (exact) mass is 593 g/mol. The van der Waals surface area contributed by atoms with Gasteiger partial charge in [0.05, 0.1) is 11.1 Å². The highest BCUT2D eigenvalue weighted by Crippen LogP contribution is 2.48. The summed E-state index contributed by atoms with van der Waals surface area (Å²) in [5.41, 5.74) is -2.37. The van der Waals surface area contributed by atoms with E-state index in [0.29, 0.717) is 18.4 Å². The Balaban J connectivity index is 1.78. The Labute approximate surface area is 237 Å². The number of rotatable bonds is 6. The Morgan fingerprint density at radius 3 is 2.56 bits per heavy atom. The molecule has 0 radical (unpaired) electrons. The molecule has 3 heterocycles. The first-order valence-electron chi connectivity index (χ1n) is 13.2. The van der Waals surface area contributed by atoms with E-state index in [1.54, 1.807) is 9.80 Å². The lowest BCUT2D eigenvalue weighted by Gasteiger charge is -2.35. The summed E-state index contributed by atoms with van der Waals surface area (Å²) in [7, 11) is 0. The van der Waals surface area contributed by atoms with Gasteiger partial charge in [-0.1, -0.05) is 13.5 Å². The van der Waals surface area contributed by atoms with Crippen LogP contribution in [0.25, 0.3) is 22.0 Å². The fraction of sp³-hybridized carbons (Fsp3) is 0.393. The molecule has 1 aromatic heterocycles. The maximum Gasteiger partial charge on any atom is 0.417 e. The zero-order chi connectivity index (χ0) is 29.5. The van der Waals surface area contributed by atoms with Crippen LogP contribution in [-0.4, -0.2) is 64.9 Å². The number of carbonyl (C=O) groups excluding carboxylic acids is 1. The Hall–Kier alpha value is -3.45. The topological polar surface area (TPSA) is 70.5 Å². The number of thioether (sulfide) groups is 1. The molecule has 1 atom stereocenters. The largest absolute Gasteiger partial charge is 0.417 e. The zero-order valence-corrected chi connectivity index (χ0v) is 23.0. The number of hydrogen-bond donors (Lipinski definition) is 1. The normalized spacial score (nSPS) is 17.6. The summed E-state index contributed by atoms with van der Waals surface area (Å²) in [6, 6.07) is 3.11. The van der Waals surface area contributed by atoms with Crippen molar-refractivity contribution in [2.45, 2.75) is 37.0 Å². The predicted octanol–water partition coefficient (Wildman–Crippen LogP) is 4.67. The lowest BCUT2D eigenvalue weighted by molar-refractivity contribution is -0.137. The van der Waals surface area contributed by atoms with Gasteiger partial charge in [-0.15, -0.1) is 11.8 Å². The van der Waals surface area contributed by atoms with E-state index in [9.17, 15) is 27.2 Å². The Morgan fingerprint density at radius 2 is 1.93 bits per heavy atom. The second kappa shape index (κ2) is 11.4. The lowest BCUT2D eigenvalue weighted by Crippen LogP contribution is -2.49. The Kier molecular flexibility index (Phi) is 8.11. The third-order valence-corrected chi connectivity index (χ3v) is 8.54. The highest BCUT2D eigenvalue weighted by molar-refractivity contribution is 7.99. The van der Waals surface area contributed by atoms with Gasteiger partial charge in [0, 0.05) is 72.0 Å². The standard InChI is InChI=1S/C28H28F5N5O2S/c1-3-7-34-17-14-38-24-19(26(35-27(38)40)37-10-8-36(9-11-37)22(39)4-2)13-20(28(31,32)33)23(25(24)41-15-17)18-6-5-16(29)12-21(18)30/h4-6,12-13,17,34H,2-3,7-11,14-15H2,1H3. The van der Waals surface area contributed by atoms with Gasteiger partial charge in [-0.3, -0.25) is 9.36 Å². The molecule has 0 saturated carbocycles. The van der Waals surface area contributed by atoms with Crippen LogP contribution in [0.2, 0.25) is 0 Å². The molecule has 1 unspecified atom stereocenters. The van der Waals surface area contributed by atoms with E-state index >= 15 is 4.39 Å². The Bertz CT molecular complexity index is 1570. The van der Waals surface area contributed by atoms with Crippen LogP contribution in [-0.2, 0) is 17.5 Å². The summed E-state index contributed by atoms with van der Waals surface area (Å²) in [5.74, 6) is -1.93. The van der Waals surface area contributed by atoms with Crippen molar-refractivity contribution in [2.75, 3.05) is 43.4 Å². The summed E-state index contributed by atoms with van der Waals surface area (Å²) in [5, 5.41) is 3.43. The number of carbonyl (C=O) groups is 1. The number of hydrogen-bond acceptors (Lipinski definition) is 6. The molecule has 13 heteroatoms. The quantitative estimate of drug-likeness (QED) is 0.331. The van der Waals surface area contributed by atoms with E-state index < -0.39 is 40.2 Å². The third kappa shape index (κ3) is 5.56. The van der Waals surface area contributed by atoms with E-state index in [2.05, 4.69) is 16.9 Å². The van der Waals surface area contributed by atoms with Crippen LogP contribution in [0.1, 0.15) is 18.9 Å². The lowest BCUT2D eigenvalue weighted by atomic mass is 9.95. The molecule has 0 bridgehead atoms. The minimum atomic E-state index is -4.90. The van der Waals surface area contributed by atoms with Crippen molar-refractivity contribution in [3.05, 3.63) is 64.6 Å². The van der Waals surface area contributed by atoms with Crippen LogP contribution in [0.4, 0.5) is 27.8 Å². The smallest absolute Gasteiger partial charge is 0.352 e. The van der Waals surface area contributed by atoms with Crippen LogP contribution in [0.15, 0.2) is 46.6 Å². The fourth-order valence-electron chi connectivity index (χ4n) is 5.32. The molecule has 0 aliphatic carbocycles. The van der Waals surface area contributed by atoms with Gasteiger partial charge in [0.2, 0.25) is 5.91 Å². The van der Waals surface area contributed by atoms with Gasteiger partial charge < -0.3 is 15.1 Å². The molecule has 2 aliphatic rings. The van der Waals surface area contributed by atoms with Gasteiger partial charge >= 0.3 is 11.9 Å². The van der Waals surface area contributed by atoms with Crippen molar-refractivity contribution in [3.63, 3.8) is 0 Å². The maximum atomic E-state index is 15.1. The van der Waals surface area contributed by atoms with Crippen molar-refractivity contribution < 1.29 is 26.7 Å². The van der Waals surface area contributed by atoms with Crippen LogP contribution in [0.3, 0.4) is 0 Å². The second-order valence-corrected chi connectivity index (χ2v) is 11.0. The maximum absolute atomic E-state index is 15.1. The van der Waals surface area contributed by atoms with Crippen molar-refractivity contribution in [1.29, 1.82) is 0 Å². The molecule has 3 aromatic rings. The fourth-order valence-corrected chi connectivity index (χ4v) is 6.64. The molecule has 41 heavy (non-hydrogen) atoms. The van der Waals surface area contributed by atoms with E-state index in [4.69, 9.17) is 0 Å². The van der Waals surface area contributed by atoms with Gasteiger partial charge in [-0.2, -0.15) is 18.2 Å². The second-order valence-electron chi connectivity index (χ2n) is 9.95. The molecular weight excluding hydrogens is 565 g/mol. The molecular formula is C28H28F5N5O2S. The van der Waals surface area contributed by atoms with Crippen LogP contribution in [0.5, 0.6) is 0 Å². The molecule has 5 rings (SSSR count). The minimum absolute atomic E-state index is 0.0744. The van der Waals surface area contributed by atoms with E-state index in [1.807, 2.05) is 6.92 Å². The van der Waals surface area contributed by atoms with Crippen molar-refractivity contribution in [1.82, 2.24) is 19.8 Å². The van der Waals surface area contributed by atoms with E-state index in [0.717, 1.165) is 36.4 Å². The highest BCUT2D eigenvalue weighted by Gasteiger charge is 2.39. The number of aromatic nitrogens is 2. The molecule has 0 spiro atoms. The third-order valence-electron chi connectivity index (χ3n) is 7.28. The number of nitrogens with one attached hydrogen (secondary N) is 1. The number of piperazine rings is 1. The van der Waals surface area contributed by atoms with Crippen LogP contribution < -0.4 is 15.9 Å². The molecule has 7 nitrogen and oxygen atoms in total. The van der Waals surface area contributed by atoms with Crippen molar-refractivity contribution in [2.24, 2.45) is 0 Å². The van der Waals surface area contributed by atoms with Crippen molar-refractivity contribution >= 4 is 34.4 Å². The van der Waals surface area contributed by atoms with Gasteiger partial charge in [0.25, 0.3) is 0 Å². The summed E-state index contributed by atoms with van der Waals surface area (Å²) in [6.45, 7) is 7.27. The van der Waals surface area contributed by atoms with Gasteiger partial charge in [-0.25, -0.2) is 13.6 Å². The first-order valence-corrected chi connectivity index (χ1v) is 14.2. The molecule has 1 N–H and O–H groups in total. The van der Waals surface area contributed by atoms with E-state index in [1.165, 1.54) is 10.6 Å². The van der Waals surface area contributed by atoms with Gasteiger partial charge in [-0.05, 0) is 37.2 Å². The molecule has 1 saturated heterocycles. The number of anilines is 1. The summed E-state index contributed by atoms with van der Waals surface area (Å²) >= 11 is 1.10. The highest BCUT2D eigenvalue weighted by atomic mass is 32.2. The first-order chi connectivity index (χ1) is 19.5. The summed E-state index contributed by atoms with van der Waals surface area (Å²) in [6.07, 6.45) is -2.90. The molecule has 2 aromatic carbocycles. The molecule has 2 aliphatic heterocycles. The van der Waals surface area contributed by atoms with Crippen LogP contribution >= 0.6 is 11.8 Å². The van der Waals surface area contributed by atoms with Crippen molar-refractivity contribution in [3.8, 4) is 11.1 Å². The zero-order valence-electron chi connectivity index (χ0n) is 22.2. The summed E-state index contributed by atoms with van der Waals surface area (Å²) in [4.78, 5) is 33.2. The SMILES string of the molecule is C=CC(=O)N1CCN(c2nc(=O)n3c4c(c(-c5ccc(F)cc5F)c(C(F)(F)F)cc24)SCC(NCCC)C3)CC1. The Morgan fingerprint density at radius 1 is 1.20 bits per heavy atom. The number of alkyl halides is 3. The number of nitrogens with zero attached hydrogens (tertiary/aromatic N) is 4. The van der Waals surface area contributed by atoms with Gasteiger partial charge in [0.15, 0.2) is 0 Å². The molecule has 1 fully saturated rings. The average Bonchev–Trinajstić information content (AvgIpc) is 3.14. The van der Waals surface area contributed by atoms with Gasteiger partial charge in [0.1, 0.15) is 17.5 Å². The van der Waals surface area contributed by atoms with E-state index in [-0.39, 0.29) is 66.3 Å². The first kappa shape index (κ1) is 29.1. The molecule has 218 valence electrons. The summed E-state index contributed by atoms with van der Waals surface area (Å²) < 4.78 is 74.4. The number of benzene rings is 2. The average molecular weight is 594 g/mol. The number of halogens is 5. The minimum Gasteiger partial charge on any atom is -0.352 e.